The molecule has 0 fully saturated rings. The standard InChI is InChI=1S/C12H10FNO3/c1-6-8(13)4-3-7-10(17-2)5-9(12(15)16)14-11(6)7/h3-5H,1-2H3,(H,15,16). The maximum absolute atomic E-state index is 13.4. The second kappa shape index (κ2) is 4.01. The van der Waals surface area contributed by atoms with E-state index in [-0.39, 0.29) is 5.69 Å². The first-order valence-electron chi connectivity index (χ1n) is 4.91. The van der Waals surface area contributed by atoms with E-state index in [1.54, 1.807) is 6.92 Å². The lowest BCUT2D eigenvalue weighted by Gasteiger charge is -2.08. The lowest BCUT2D eigenvalue weighted by Crippen LogP contribution is -2.03. The zero-order valence-corrected chi connectivity index (χ0v) is 9.32. The van der Waals surface area contributed by atoms with Gasteiger partial charge in [0.1, 0.15) is 11.6 Å². The van der Waals surface area contributed by atoms with Crippen LogP contribution < -0.4 is 4.74 Å². The summed E-state index contributed by atoms with van der Waals surface area (Å²) in [4.78, 5) is 14.8. The van der Waals surface area contributed by atoms with E-state index in [2.05, 4.69) is 4.98 Å². The van der Waals surface area contributed by atoms with Crippen molar-refractivity contribution in [2.24, 2.45) is 0 Å². The highest BCUT2D eigenvalue weighted by Crippen LogP contribution is 2.28. The van der Waals surface area contributed by atoms with Crippen molar-refractivity contribution in [2.75, 3.05) is 7.11 Å². The molecule has 0 bridgehead atoms. The van der Waals surface area contributed by atoms with E-state index in [1.807, 2.05) is 0 Å². The van der Waals surface area contributed by atoms with Crippen molar-refractivity contribution >= 4 is 16.9 Å². The van der Waals surface area contributed by atoms with E-state index in [0.29, 0.717) is 22.2 Å². The van der Waals surface area contributed by atoms with Gasteiger partial charge in [0.15, 0.2) is 5.69 Å². The molecule has 1 heterocycles. The summed E-state index contributed by atoms with van der Waals surface area (Å²) in [6.45, 7) is 1.55. The Labute approximate surface area is 96.7 Å². The van der Waals surface area contributed by atoms with Crippen molar-refractivity contribution < 1.29 is 19.0 Å². The average Bonchev–Trinajstić information content (AvgIpc) is 2.32. The summed E-state index contributed by atoms with van der Waals surface area (Å²) in [7, 11) is 1.43. The van der Waals surface area contributed by atoms with E-state index >= 15 is 0 Å². The number of hydrogen-bond donors (Lipinski definition) is 1. The zero-order chi connectivity index (χ0) is 12.6. The van der Waals surface area contributed by atoms with Crippen LogP contribution in [0, 0.1) is 12.7 Å². The van der Waals surface area contributed by atoms with Crippen LogP contribution in [0.2, 0.25) is 0 Å². The van der Waals surface area contributed by atoms with Gasteiger partial charge in [0, 0.05) is 17.0 Å². The minimum Gasteiger partial charge on any atom is -0.496 e. The molecule has 0 unspecified atom stereocenters. The third-order valence-corrected chi connectivity index (χ3v) is 2.57. The van der Waals surface area contributed by atoms with Crippen LogP contribution in [-0.2, 0) is 0 Å². The van der Waals surface area contributed by atoms with E-state index in [0.717, 1.165) is 0 Å². The quantitative estimate of drug-likeness (QED) is 0.868. The fourth-order valence-electron chi connectivity index (χ4n) is 1.65. The van der Waals surface area contributed by atoms with Crippen LogP contribution in [0.25, 0.3) is 10.9 Å². The summed E-state index contributed by atoms with van der Waals surface area (Å²) in [5.41, 5.74) is 0.453. The van der Waals surface area contributed by atoms with Gasteiger partial charge in [-0.2, -0.15) is 0 Å². The van der Waals surface area contributed by atoms with Gasteiger partial charge in [-0.05, 0) is 19.1 Å². The molecule has 0 aliphatic heterocycles. The molecule has 4 nitrogen and oxygen atoms in total. The molecule has 0 radical (unpaired) electrons. The first-order valence-corrected chi connectivity index (χ1v) is 4.91. The van der Waals surface area contributed by atoms with E-state index in [4.69, 9.17) is 9.84 Å². The Hall–Kier alpha value is -2.17. The van der Waals surface area contributed by atoms with Crippen LogP contribution in [0.5, 0.6) is 5.75 Å². The number of aromatic carboxylic acids is 1. The maximum atomic E-state index is 13.4. The fourth-order valence-corrected chi connectivity index (χ4v) is 1.65. The van der Waals surface area contributed by atoms with Gasteiger partial charge < -0.3 is 9.84 Å². The highest BCUT2D eigenvalue weighted by Gasteiger charge is 2.14. The molecule has 17 heavy (non-hydrogen) atoms. The number of rotatable bonds is 2. The number of halogens is 1. The third-order valence-electron chi connectivity index (χ3n) is 2.57. The largest absolute Gasteiger partial charge is 0.496 e. The number of aryl methyl sites for hydroxylation is 1. The molecule has 1 aromatic heterocycles. The molecule has 0 saturated carbocycles. The van der Waals surface area contributed by atoms with Gasteiger partial charge in [0.05, 0.1) is 12.6 Å². The van der Waals surface area contributed by atoms with Crippen LogP contribution in [0.4, 0.5) is 4.39 Å². The summed E-state index contributed by atoms with van der Waals surface area (Å²) < 4.78 is 18.5. The molecule has 1 aromatic carbocycles. The normalized spacial score (nSPS) is 10.5. The molecule has 5 heteroatoms. The van der Waals surface area contributed by atoms with Crippen molar-refractivity contribution in [1.82, 2.24) is 4.98 Å². The van der Waals surface area contributed by atoms with Crippen LogP contribution in [0.1, 0.15) is 16.1 Å². The van der Waals surface area contributed by atoms with E-state index in [9.17, 15) is 9.18 Å². The fraction of sp³-hybridized carbons (Fsp3) is 0.167. The van der Waals surface area contributed by atoms with Gasteiger partial charge in [-0.15, -0.1) is 0 Å². The number of carbonyl (C=O) groups is 1. The predicted molar refractivity (Wildman–Crippen MR) is 59.9 cm³/mol. The Morgan fingerprint density at radius 1 is 1.47 bits per heavy atom. The van der Waals surface area contributed by atoms with Crippen molar-refractivity contribution in [2.45, 2.75) is 6.92 Å². The number of nitrogens with zero attached hydrogens (tertiary/aromatic N) is 1. The number of carboxylic acid groups (broad SMARTS) is 1. The lowest BCUT2D eigenvalue weighted by atomic mass is 10.1. The van der Waals surface area contributed by atoms with Crippen LogP contribution in [0.15, 0.2) is 18.2 Å². The molecule has 2 rings (SSSR count). The molecule has 0 aliphatic rings. The Balaban J connectivity index is 2.88. The summed E-state index contributed by atoms with van der Waals surface area (Å²) in [5.74, 6) is -1.22. The Bertz CT molecular complexity index is 610. The highest BCUT2D eigenvalue weighted by molar-refractivity contribution is 5.94. The average molecular weight is 235 g/mol. The molecule has 0 aliphatic carbocycles. The van der Waals surface area contributed by atoms with E-state index < -0.39 is 11.8 Å². The molecule has 2 aromatic rings. The van der Waals surface area contributed by atoms with Crippen molar-refractivity contribution in [3.8, 4) is 5.75 Å². The molecular formula is C12H10FNO3. The minimum atomic E-state index is -1.17. The second-order valence-corrected chi connectivity index (χ2v) is 3.58. The molecule has 1 N–H and O–H groups in total. The number of benzene rings is 1. The van der Waals surface area contributed by atoms with E-state index in [1.165, 1.54) is 25.3 Å². The number of methoxy groups -OCH3 is 1. The van der Waals surface area contributed by atoms with Gasteiger partial charge in [-0.25, -0.2) is 14.2 Å². The summed E-state index contributed by atoms with van der Waals surface area (Å²) in [6.07, 6.45) is 0. The molecule has 88 valence electrons. The second-order valence-electron chi connectivity index (χ2n) is 3.58. The number of aromatic nitrogens is 1. The SMILES string of the molecule is COc1cc(C(=O)O)nc2c(C)c(F)ccc12. The molecular weight excluding hydrogens is 225 g/mol. The highest BCUT2D eigenvalue weighted by atomic mass is 19.1. The number of pyridine rings is 1. The van der Waals surface area contributed by atoms with Gasteiger partial charge >= 0.3 is 5.97 Å². The topological polar surface area (TPSA) is 59.4 Å². The molecule has 0 atom stereocenters. The Morgan fingerprint density at radius 2 is 2.18 bits per heavy atom. The summed E-state index contributed by atoms with van der Waals surface area (Å²) >= 11 is 0. The molecule has 0 spiro atoms. The lowest BCUT2D eigenvalue weighted by molar-refractivity contribution is 0.0690. The van der Waals surface area contributed by atoms with Gasteiger partial charge in [0.2, 0.25) is 0 Å². The summed E-state index contributed by atoms with van der Waals surface area (Å²) in [6, 6.07) is 4.15. The van der Waals surface area contributed by atoms with Crippen molar-refractivity contribution in [3.05, 3.63) is 35.3 Å². The molecule has 0 amide bonds. The number of ether oxygens (including phenoxy) is 1. The zero-order valence-electron chi connectivity index (χ0n) is 9.32. The van der Waals surface area contributed by atoms with Crippen LogP contribution in [0.3, 0.4) is 0 Å². The minimum absolute atomic E-state index is 0.164. The van der Waals surface area contributed by atoms with Gasteiger partial charge in [0.25, 0.3) is 0 Å². The van der Waals surface area contributed by atoms with Crippen molar-refractivity contribution in [3.63, 3.8) is 0 Å². The number of fused-ring (bicyclic) bond motifs is 1. The summed E-state index contributed by atoms with van der Waals surface area (Å²) in [5, 5.41) is 9.51. The smallest absolute Gasteiger partial charge is 0.354 e. The van der Waals surface area contributed by atoms with Crippen LogP contribution in [-0.4, -0.2) is 23.2 Å². The first kappa shape index (κ1) is 11.3. The predicted octanol–water partition coefficient (Wildman–Crippen LogP) is 2.39. The van der Waals surface area contributed by atoms with Crippen LogP contribution >= 0.6 is 0 Å². The van der Waals surface area contributed by atoms with Gasteiger partial charge in [-0.3, -0.25) is 0 Å². The molecule has 0 saturated heterocycles. The number of hydrogen-bond acceptors (Lipinski definition) is 3. The third kappa shape index (κ3) is 1.80. The Morgan fingerprint density at radius 3 is 2.76 bits per heavy atom. The number of carboxylic acids is 1. The van der Waals surface area contributed by atoms with Gasteiger partial charge in [-0.1, -0.05) is 0 Å². The maximum Gasteiger partial charge on any atom is 0.354 e. The van der Waals surface area contributed by atoms with Crippen molar-refractivity contribution in [1.29, 1.82) is 0 Å². The Kier molecular flexibility index (Phi) is 2.67. The monoisotopic (exact) mass is 235 g/mol. The first-order chi connectivity index (χ1) is 8.04.